The van der Waals surface area contributed by atoms with Gasteiger partial charge in [-0.2, -0.15) is 0 Å². The molecule has 0 fully saturated rings. The lowest BCUT2D eigenvalue weighted by Gasteiger charge is -2.14. The van der Waals surface area contributed by atoms with E-state index in [4.69, 9.17) is 0 Å². The van der Waals surface area contributed by atoms with Crippen molar-refractivity contribution in [1.29, 1.82) is 0 Å². The number of pyridine rings is 1. The molecule has 1 N–H and O–H groups in total. The van der Waals surface area contributed by atoms with E-state index in [2.05, 4.69) is 11.1 Å². The summed E-state index contributed by atoms with van der Waals surface area (Å²) < 4.78 is 1.11. The predicted octanol–water partition coefficient (Wildman–Crippen LogP) is 3.99. The van der Waals surface area contributed by atoms with Crippen LogP contribution < -0.4 is 0 Å². The van der Waals surface area contributed by atoms with Gasteiger partial charge in [0.25, 0.3) is 0 Å². The van der Waals surface area contributed by atoms with Gasteiger partial charge < -0.3 is 5.11 Å². The van der Waals surface area contributed by atoms with Crippen molar-refractivity contribution >= 4 is 21.6 Å². The summed E-state index contributed by atoms with van der Waals surface area (Å²) >= 11 is 1.65. The topological polar surface area (TPSA) is 33.1 Å². The number of fused-ring (bicyclic) bond motifs is 1. The van der Waals surface area contributed by atoms with Crippen molar-refractivity contribution in [3.05, 3.63) is 64.2 Å². The monoisotopic (exact) mass is 269 g/mol. The van der Waals surface area contributed by atoms with E-state index >= 15 is 0 Å². The van der Waals surface area contributed by atoms with E-state index in [1.807, 2.05) is 43.5 Å². The number of aryl methyl sites for hydroxylation is 2. The molecule has 0 saturated carbocycles. The molecular formula is C16H15NOS. The fourth-order valence-corrected chi connectivity index (χ4v) is 3.03. The number of hydrogen-bond donors (Lipinski definition) is 1. The van der Waals surface area contributed by atoms with Gasteiger partial charge in [0.05, 0.1) is 10.2 Å². The van der Waals surface area contributed by atoms with E-state index in [-0.39, 0.29) is 0 Å². The van der Waals surface area contributed by atoms with Crippen LogP contribution in [0.4, 0.5) is 0 Å². The molecule has 3 heteroatoms. The van der Waals surface area contributed by atoms with Crippen molar-refractivity contribution in [2.24, 2.45) is 0 Å². The maximum Gasteiger partial charge on any atom is 0.106 e. The van der Waals surface area contributed by atoms with Crippen LogP contribution in [-0.4, -0.2) is 10.1 Å². The molecule has 0 saturated heterocycles. The Kier molecular flexibility index (Phi) is 3.09. The third kappa shape index (κ3) is 2.27. The second-order valence-electron chi connectivity index (χ2n) is 4.84. The van der Waals surface area contributed by atoms with Gasteiger partial charge in [0.15, 0.2) is 0 Å². The quantitative estimate of drug-likeness (QED) is 0.763. The third-order valence-electron chi connectivity index (χ3n) is 3.37. The van der Waals surface area contributed by atoms with Crippen LogP contribution in [-0.2, 0) is 0 Å². The number of rotatable bonds is 2. The first-order chi connectivity index (χ1) is 9.15. The van der Waals surface area contributed by atoms with E-state index in [1.165, 1.54) is 0 Å². The molecule has 0 aliphatic carbocycles. The Morgan fingerprint density at radius 1 is 1.16 bits per heavy atom. The van der Waals surface area contributed by atoms with Crippen molar-refractivity contribution in [3.63, 3.8) is 0 Å². The predicted molar refractivity (Wildman–Crippen MR) is 79.6 cm³/mol. The van der Waals surface area contributed by atoms with Crippen LogP contribution in [0.3, 0.4) is 0 Å². The zero-order chi connectivity index (χ0) is 13.4. The Hall–Kier alpha value is -1.71. The molecule has 3 rings (SSSR count). The smallest absolute Gasteiger partial charge is 0.106 e. The Bertz CT molecular complexity index is 732. The molecule has 2 nitrogen and oxygen atoms in total. The molecule has 1 aromatic carbocycles. The Morgan fingerprint density at radius 2 is 2.00 bits per heavy atom. The molecular weight excluding hydrogens is 254 g/mol. The molecule has 19 heavy (non-hydrogen) atoms. The second kappa shape index (κ2) is 4.76. The van der Waals surface area contributed by atoms with Crippen LogP contribution >= 0.6 is 11.3 Å². The summed E-state index contributed by atoms with van der Waals surface area (Å²) in [7, 11) is 0. The Labute approximate surface area is 116 Å². The maximum atomic E-state index is 10.6. The van der Waals surface area contributed by atoms with Gasteiger partial charge in [-0.05, 0) is 42.5 Å². The lowest BCUT2D eigenvalue weighted by molar-refractivity contribution is 0.219. The van der Waals surface area contributed by atoms with Crippen LogP contribution in [0, 0.1) is 13.8 Å². The molecule has 0 aliphatic heterocycles. The number of aliphatic hydroxyl groups is 1. The van der Waals surface area contributed by atoms with E-state index in [9.17, 15) is 5.11 Å². The van der Waals surface area contributed by atoms with Gasteiger partial charge in [0, 0.05) is 11.8 Å². The fraction of sp³-hybridized carbons (Fsp3) is 0.188. The number of aliphatic hydroxyl groups excluding tert-OH is 1. The minimum atomic E-state index is -0.612. The third-order valence-corrected chi connectivity index (χ3v) is 4.22. The summed E-state index contributed by atoms with van der Waals surface area (Å²) in [5.41, 5.74) is 5.05. The molecule has 2 aromatic heterocycles. The standard InChI is InChI=1S/C16H15NOS/c1-10-3-4-11(2)13(7-10)16(18)12-8-15-14(17-9-12)5-6-19-15/h3-9,16,18H,1-2H3. The van der Waals surface area contributed by atoms with Crippen molar-refractivity contribution in [2.45, 2.75) is 20.0 Å². The molecule has 0 radical (unpaired) electrons. The van der Waals surface area contributed by atoms with Gasteiger partial charge in [-0.1, -0.05) is 23.8 Å². The molecule has 0 aliphatic rings. The summed E-state index contributed by atoms with van der Waals surface area (Å²) in [6, 6.07) is 10.2. The van der Waals surface area contributed by atoms with Gasteiger partial charge in [-0.15, -0.1) is 11.3 Å². The molecule has 0 amide bonds. The van der Waals surface area contributed by atoms with Crippen molar-refractivity contribution in [2.75, 3.05) is 0 Å². The zero-order valence-electron chi connectivity index (χ0n) is 10.9. The van der Waals surface area contributed by atoms with Crippen LogP contribution in [0.25, 0.3) is 10.2 Å². The molecule has 0 spiro atoms. The molecule has 1 unspecified atom stereocenters. The highest BCUT2D eigenvalue weighted by molar-refractivity contribution is 7.17. The normalized spacial score (nSPS) is 12.8. The van der Waals surface area contributed by atoms with E-state index in [0.29, 0.717) is 0 Å². The molecule has 1 atom stereocenters. The molecule has 3 aromatic rings. The SMILES string of the molecule is Cc1ccc(C)c(C(O)c2cnc3ccsc3c2)c1. The average molecular weight is 269 g/mol. The summed E-state index contributed by atoms with van der Waals surface area (Å²) in [6.45, 7) is 4.06. The second-order valence-corrected chi connectivity index (χ2v) is 5.78. The van der Waals surface area contributed by atoms with E-state index in [1.54, 1.807) is 17.5 Å². The van der Waals surface area contributed by atoms with Crippen LogP contribution in [0.2, 0.25) is 0 Å². The number of thiophene rings is 1. The number of aromatic nitrogens is 1. The van der Waals surface area contributed by atoms with Crippen molar-refractivity contribution in [3.8, 4) is 0 Å². The largest absolute Gasteiger partial charge is 0.384 e. The summed E-state index contributed by atoms with van der Waals surface area (Å²) in [4.78, 5) is 4.39. The average Bonchev–Trinajstić information content (AvgIpc) is 2.88. The van der Waals surface area contributed by atoms with E-state index in [0.717, 1.165) is 32.5 Å². The van der Waals surface area contributed by atoms with Crippen molar-refractivity contribution < 1.29 is 5.11 Å². The van der Waals surface area contributed by atoms with Crippen molar-refractivity contribution in [1.82, 2.24) is 4.98 Å². The first-order valence-electron chi connectivity index (χ1n) is 6.23. The number of nitrogens with zero attached hydrogens (tertiary/aromatic N) is 1. The van der Waals surface area contributed by atoms with Gasteiger partial charge >= 0.3 is 0 Å². The Balaban J connectivity index is 2.07. The van der Waals surface area contributed by atoms with Gasteiger partial charge in [-0.3, -0.25) is 4.98 Å². The van der Waals surface area contributed by atoms with Crippen LogP contribution in [0.1, 0.15) is 28.4 Å². The van der Waals surface area contributed by atoms with E-state index < -0.39 is 6.10 Å². The first kappa shape index (κ1) is 12.3. The summed E-state index contributed by atoms with van der Waals surface area (Å²) in [5.74, 6) is 0. The Morgan fingerprint density at radius 3 is 2.84 bits per heavy atom. The number of hydrogen-bond acceptors (Lipinski definition) is 3. The molecule has 96 valence electrons. The lowest BCUT2D eigenvalue weighted by Crippen LogP contribution is -2.02. The lowest BCUT2D eigenvalue weighted by atomic mass is 9.97. The van der Waals surface area contributed by atoms with Gasteiger partial charge in [-0.25, -0.2) is 0 Å². The highest BCUT2D eigenvalue weighted by atomic mass is 32.1. The first-order valence-corrected chi connectivity index (χ1v) is 7.11. The maximum absolute atomic E-state index is 10.6. The molecule has 2 heterocycles. The number of benzene rings is 1. The summed E-state index contributed by atoms with van der Waals surface area (Å²) in [6.07, 6.45) is 1.15. The highest BCUT2D eigenvalue weighted by Crippen LogP contribution is 2.28. The van der Waals surface area contributed by atoms with Gasteiger partial charge in [0.1, 0.15) is 6.10 Å². The molecule has 0 bridgehead atoms. The van der Waals surface area contributed by atoms with Gasteiger partial charge in [0.2, 0.25) is 0 Å². The minimum absolute atomic E-state index is 0.612. The minimum Gasteiger partial charge on any atom is -0.384 e. The van der Waals surface area contributed by atoms with Crippen LogP contribution in [0.5, 0.6) is 0 Å². The highest BCUT2D eigenvalue weighted by Gasteiger charge is 2.14. The fourth-order valence-electron chi connectivity index (χ4n) is 2.25. The zero-order valence-corrected chi connectivity index (χ0v) is 11.7. The summed E-state index contributed by atoms with van der Waals surface area (Å²) in [5, 5.41) is 12.6. The van der Waals surface area contributed by atoms with Crippen LogP contribution in [0.15, 0.2) is 41.9 Å².